The van der Waals surface area contributed by atoms with Crippen molar-refractivity contribution in [3.8, 4) is 0 Å². The third-order valence-electron chi connectivity index (χ3n) is 3.52. The van der Waals surface area contributed by atoms with Gasteiger partial charge in [-0.15, -0.1) is 0 Å². The monoisotopic (exact) mass is 317 g/mol. The number of hydrogen-bond donors (Lipinski definition) is 0. The van der Waals surface area contributed by atoms with Crippen LogP contribution in [0.4, 0.5) is 0 Å². The van der Waals surface area contributed by atoms with Crippen molar-refractivity contribution >= 4 is 19.4 Å². The van der Waals surface area contributed by atoms with Crippen LogP contribution in [0.1, 0.15) is 12.0 Å². The zero-order chi connectivity index (χ0) is 12.9. The molecule has 0 N–H and O–H groups in total. The van der Waals surface area contributed by atoms with Crippen LogP contribution in [0.25, 0.3) is 0 Å². The Balaban J connectivity index is 1.53. The SMILES string of the molecule is c1ccc(CN2CC[C@H]([Se]c3ccccc3)C2)cc1. The Labute approximate surface area is 121 Å². The van der Waals surface area contributed by atoms with Crippen LogP contribution in [0.2, 0.25) is 4.82 Å². The molecule has 98 valence electrons. The summed E-state index contributed by atoms with van der Waals surface area (Å²) in [6.45, 7) is 3.64. The average molecular weight is 316 g/mol. The molecular weight excluding hydrogens is 297 g/mol. The van der Waals surface area contributed by atoms with Crippen molar-refractivity contribution in [2.24, 2.45) is 0 Å². The summed E-state index contributed by atoms with van der Waals surface area (Å²) in [5.74, 6) is 0. The van der Waals surface area contributed by atoms with E-state index in [0.717, 1.165) is 11.4 Å². The molecular formula is C17H19NSe. The van der Waals surface area contributed by atoms with Crippen molar-refractivity contribution in [3.05, 3.63) is 66.2 Å². The Hall–Kier alpha value is -1.08. The molecule has 0 bridgehead atoms. The maximum atomic E-state index is 2.60. The summed E-state index contributed by atoms with van der Waals surface area (Å²) in [5, 5.41) is 0. The van der Waals surface area contributed by atoms with E-state index in [4.69, 9.17) is 0 Å². The molecule has 1 heterocycles. The van der Waals surface area contributed by atoms with E-state index in [0.29, 0.717) is 15.0 Å². The van der Waals surface area contributed by atoms with E-state index in [2.05, 4.69) is 65.6 Å². The molecule has 1 aliphatic rings. The van der Waals surface area contributed by atoms with Crippen LogP contribution in [-0.2, 0) is 6.54 Å². The number of rotatable bonds is 4. The van der Waals surface area contributed by atoms with Crippen LogP contribution in [0.5, 0.6) is 0 Å². The van der Waals surface area contributed by atoms with Crippen LogP contribution in [0, 0.1) is 0 Å². The minimum absolute atomic E-state index is 0.632. The zero-order valence-corrected chi connectivity index (χ0v) is 12.7. The van der Waals surface area contributed by atoms with Crippen molar-refractivity contribution in [1.82, 2.24) is 4.90 Å². The molecule has 0 amide bonds. The molecule has 0 aliphatic carbocycles. The molecule has 3 rings (SSSR count). The number of hydrogen-bond acceptors (Lipinski definition) is 1. The topological polar surface area (TPSA) is 3.24 Å². The van der Waals surface area contributed by atoms with Crippen molar-refractivity contribution in [1.29, 1.82) is 0 Å². The van der Waals surface area contributed by atoms with Gasteiger partial charge < -0.3 is 0 Å². The fourth-order valence-electron chi connectivity index (χ4n) is 2.57. The first kappa shape index (κ1) is 12.9. The number of benzene rings is 2. The van der Waals surface area contributed by atoms with Gasteiger partial charge >= 0.3 is 121 Å². The van der Waals surface area contributed by atoms with Crippen molar-refractivity contribution < 1.29 is 0 Å². The fraction of sp³-hybridized carbons (Fsp3) is 0.294. The van der Waals surface area contributed by atoms with E-state index >= 15 is 0 Å². The molecule has 1 aliphatic heterocycles. The van der Waals surface area contributed by atoms with Crippen molar-refractivity contribution in [2.75, 3.05) is 13.1 Å². The Bertz CT molecular complexity index is 450. The van der Waals surface area contributed by atoms with E-state index in [1.165, 1.54) is 25.1 Å². The van der Waals surface area contributed by atoms with Crippen LogP contribution in [0.15, 0.2) is 60.7 Å². The first-order chi connectivity index (χ1) is 9.40. The van der Waals surface area contributed by atoms with Gasteiger partial charge in [-0.25, -0.2) is 0 Å². The standard InChI is InChI=1S/C17H19NSe/c1-3-7-15(8-4-1)13-18-12-11-17(14-18)19-16-9-5-2-6-10-16/h1-10,17H,11-14H2/t17-/m0/s1. The number of likely N-dealkylation sites (tertiary alicyclic amines) is 1. The summed E-state index contributed by atoms with van der Waals surface area (Å²) >= 11 is 0.632. The van der Waals surface area contributed by atoms with Gasteiger partial charge in [0.1, 0.15) is 0 Å². The van der Waals surface area contributed by atoms with E-state index < -0.39 is 0 Å². The second-order valence-electron chi connectivity index (χ2n) is 5.06. The van der Waals surface area contributed by atoms with Crippen LogP contribution in [0.3, 0.4) is 0 Å². The Morgan fingerprint density at radius 1 is 0.947 bits per heavy atom. The molecule has 1 fully saturated rings. The third kappa shape index (κ3) is 3.70. The Kier molecular flexibility index (Phi) is 4.34. The predicted octanol–water partition coefficient (Wildman–Crippen LogP) is 2.71. The average Bonchev–Trinajstić information content (AvgIpc) is 2.88. The van der Waals surface area contributed by atoms with Gasteiger partial charge in [0.25, 0.3) is 0 Å². The molecule has 2 aromatic carbocycles. The summed E-state index contributed by atoms with van der Waals surface area (Å²) in [6.07, 6.45) is 1.36. The van der Waals surface area contributed by atoms with E-state index in [-0.39, 0.29) is 0 Å². The number of nitrogens with zero attached hydrogens (tertiary/aromatic N) is 1. The molecule has 0 spiro atoms. The summed E-state index contributed by atoms with van der Waals surface area (Å²) < 4.78 is 1.54. The van der Waals surface area contributed by atoms with Gasteiger partial charge in [-0.05, 0) is 0 Å². The van der Waals surface area contributed by atoms with Gasteiger partial charge in [0, 0.05) is 0 Å². The first-order valence-corrected chi connectivity index (χ1v) is 8.73. The van der Waals surface area contributed by atoms with Gasteiger partial charge in [0.05, 0.1) is 0 Å². The molecule has 2 heteroatoms. The van der Waals surface area contributed by atoms with Crippen LogP contribution < -0.4 is 4.46 Å². The van der Waals surface area contributed by atoms with Gasteiger partial charge in [0.2, 0.25) is 0 Å². The summed E-state index contributed by atoms with van der Waals surface area (Å²) in [4.78, 5) is 3.49. The minimum atomic E-state index is 0.632. The third-order valence-corrected chi connectivity index (χ3v) is 6.17. The first-order valence-electron chi connectivity index (χ1n) is 6.88. The summed E-state index contributed by atoms with van der Waals surface area (Å²) in [6, 6.07) is 21.8. The summed E-state index contributed by atoms with van der Waals surface area (Å²) in [5.41, 5.74) is 1.44. The van der Waals surface area contributed by atoms with Gasteiger partial charge in [-0.1, -0.05) is 0 Å². The second-order valence-corrected chi connectivity index (χ2v) is 7.94. The maximum absolute atomic E-state index is 2.60. The second kappa shape index (κ2) is 6.38. The predicted molar refractivity (Wildman–Crippen MR) is 81.9 cm³/mol. The zero-order valence-electron chi connectivity index (χ0n) is 11.0. The fourth-order valence-corrected chi connectivity index (χ4v) is 5.10. The molecule has 0 aromatic heterocycles. The summed E-state index contributed by atoms with van der Waals surface area (Å²) in [7, 11) is 0. The molecule has 19 heavy (non-hydrogen) atoms. The normalized spacial score (nSPS) is 19.7. The molecule has 2 aromatic rings. The molecule has 1 saturated heterocycles. The van der Waals surface area contributed by atoms with Gasteiger partial charge in [0.15, 0.2) is 0 Å². The van der Waals surface area contributed by atoms with Crippen LogP contribution >= 0.6 is 0 Å². The van der Waals surface area contributed by atoms with E-state index in [9.17, 15) is 0 Å². The van der Waals surface area contributed by atoms with Crippen LogP contribution in [-0.4, -0.2) is 32.9 Å². The quantitative estimate of drug-likeness (QED) is 0.784. The molecule has 1 atom stereocenters. The van der Waals surface area contributed by atoms with E-state index in [1.54, 1.807) is 4.46 Å². The van der Waals surface area contributed by atoms with Gasteiger partial charge in [-0.2, -0.15) is 0 Å². The van der Waals surface area contributed by atoms with Crippen molar-refractivity contribution in [2.45, 2.75) is 17.8 Å². The Morgan fingerprint density at radius 2 is 1.63 bits per heavy atom. The van der Waals surface area contributed by atoms with E-state index in [1.807, 2.05) is 0 Å². The molecule has 0 unspecified atom stereocenters. The molecule has 1 nitrogen and oxygen atoms in total. The van der Waals surface area contributed by atoms with Crippen molar-refractivity contribution in [3.63, 3.8) is 0 Å². The molecule has 0 saturated carbocycles. The van der Waals surface area contributed by atoms with Gasteiger partial charge in [-0.3, -0.25) is 0 Å². The Morgan fingerprint density at radius 3 is 2.37 bits per heavy atom. The molecule has 0 radical (unpaired) electrons.